The van der Waals surface area contributed by atoms with Crippen LogP contribution >= 0.6 is 0 Å². The van der Waals surface area contributed by atoms with E-state index in [1.54, 1.807) is 0 Å². The topological polar surface area (TPSA) is 64.1 Å². The second-order valence-electron chi connectivity index (χ2n) is 8.09. The first-order valence-electron chi connectivity index (χ1n) is 9.77. The molecule has 0 aromatic heterocycles. The maximum Gasteiger partial charge on any atom is 0.317 e. The van der Waals surface area contributed by atoms with Crippen molar-refractivity contribution in [1.82, 2.24) is 14.7 Å². The van der Waals surface area contributed by atoms with Crippen molar-refractivity contribution < 1.29 is 14.7 Å². The zero-order valence-electron chi connectivity index (χ0n) is 16.1. The van der Waals surface area contributed by atoms with Gasteiger partial charge in [-0.2, -0.15) is 0 Å². The van der Waals surface area contributed by atoms with Crippen LogP contribution < -0.4 is 0 Å². The minimum absolute atomic E-state index is 0.0897. The average molecular weight is 354 g/mol. The molecule has 1 atom stereocenters. The number of rotatable bonds is 6. The Morgan fingerprint density at radius 3 is 2.32 bits per heavy atom. The number of likely N-dealkylation sites (N-methyl/N-ethyl adjacent to an activating group) is 2. The molecule has 0 aromatic carbocycles. The SMILES string of the molecule is CC1CCC(N(C)C(=O)CN2CCCC(N(C)CC(=O)O)CC2)CC1. The average Bonchev–Trinajstić information content (AvgIpc) is 2.80. The highest BCUT2D eigenvalue weighted by Crippen LogP contribution is 2.26. The summed E-state index contributed by atoms with van der Waals surface area (Å²) in [6.45, 7) is 4.69. The van der Waals surface area contributed by atoms with Crippen LogP contribution in [0.5, 0.6) is 0 Å². The zero-order chi connectivity index (χ0) is 18.4. The van der Waals surface area contributed by atoms with E-state index in [2.05, 4.69) is 11.8 Å². The Balaban J connectivity index is 1.78. The summed E-state index contributed by atoms with van der Waals surface area (Å²) in [5, 5.41) is 8.95. The molecule has 144 valence electrons. The normalized spacial score (nSPS) is 28.6. The Hall–Kier alpha value is -1.14. The van der Waals surface area contributed by atoms with Gasteiger partial charge in [-0.05, 0) is 64.5 Å². The van der Waals surface area contributed by atoms with Crippen LogP contribution in [0.15, 0.2) is 0 Å². The van der Waals surface area contributed by atoms with E-state index in [4.69, 9.17) is 5.11 Å². The van der Waals surface area contributed by atoms with E-state index in [1.165, 1.54) is 12.8 Å². The third-order valence-electron chi connectivity index (χ3n) is 6.08. The first-order chi connectivity index (χ1) is 11.9. The van der Waals surface area contributed by atoms with E-state index in [1.807, 2.05) is 23.9 Å². The van der Waals surface area contributed by atoms with Crippen molar-refractivity contribution in [3.63, 3.8) is 0 Å². The molecule has 0 spiro atoms. The number of hydrogen-bond donors (Lipinski definition) is 1. The van der Waals surface area contributed by atoms with Crippen LogP contribution in [-0.4, -0.2) is 84.0 Å². The number of carboxylic acids is 1. The molecular weight excluding hydrogens is 318 g/mol. The van der Waals surface area contributed by atoms with Gasteiger partial charge >= 0.3 is 5.97 Å². The van der Waals surface area contributed by atoms with Crippen LogP contribution in [0, 0.1) is 5.92 Å². The number of hydrogen-bond acceptors (Lipinski definition) is 4. The number of likely N-dealkylation sites (tertiary alicyclic amines) is 1. The van der Waals surface area contributed by atoms with Gasteiger partial charge in [-0.15, -0.1) is 0 Å². The minimum Gasteiger partial charge on any atom is -0.480 e. The van der Waals surface area contributed by atoms with Gasteiger partial charge in [-0.1, -0.05) is 6.92 Å². The van der Waals surface area contributed by atoms with E-state index >= 15 is 0 Å². The molecule has 1 aliphatic carbocycles. The third kappa shape index (κ3) is 6.26. The zero-order valence-corrected chi connectivity index (χ0v) is 16.1. The summed E-state index contributed by atoms with van der Waals surface area (Å²) in [4.78, 5) is 29.7. The summed E-state index contributed by atoms with van der Waals surface area (Å²) in [6, 6.07) is 0.707. The highest BCUT2D eigenvalue weighted by molar-refractivity contribution is 5.78. The predicted molar refractivity (Wildman–Crippen MR) is 98.5 cm³/mol. The van der Waals surface area contributed by atoms with E-state index in [0.29, 0.717) is 18.6 Å². The summed E-state index contributed by atoms with van der Waals surface area (Å²) in [5.74, 6) is 0.254. The Morgan fingerprint density at radius 1 is 1.00 bits per heavy atom. The van der Waals surface area contributed by atoms with Crippen LogP contribution in [0.3, 0.4) is 0 Å². The first-order valence-corrected chi connectivity index (χ1v) is 9.77. The molecule has 2 aliphatic rings. The van der Waals surface area contributed by atoms with E-state index in [0.717, 1.165) is 51.1 Å². The molecule has 1 unspecified atom stereocenters. The molecule has 1 aliphatic heterocycles. The molecule has 0 radical (unpaired) electrons. The van der Waals surface area contributed by atoms with Crippen LogP contribution in [-0.2, 0) is 9.59 Å². The van der Waals surface area contributed by atoms with E-state index in [9.17, 15) is 9.59 Å². The molecule has 1 saturated heterocycles. The lowest BCUT2D eigenvalue weighted by molar-refractivity contribution is -0.138. The number of carboxylic acid groups (broad SMARTS) is 1. The van der Waals surface area contributed by atoms with Gasteiger partial charge in [0.2, 0.25) is 5.91 Å². The van der Waals surface area contributed by atoms with Crippen LogP contribution in [0.1, 0.15) is 51.9 Å². The number of carbonyl (C=O) groups excluding carboxylic acids is 1. The molecule has 6 nitrogen and oxygen atoms in total. The van der Waals surface area contributed by atoms with E-state index in [-0.39, 0.29) is 12.5 Å². The van der Waals surface area contributed by atoms with Gasteiger partial charge in [0.25, 0.3) is 0 Å². The fourth-order valence-corrected chi connectivity index (χ4v) is 4.22. The second-order valence-corrected chi connectivity index (χ2v) is 8.09. The van der Waals surface area contributed by atoms with Crippen molar-refractivity contribution in [3.8, 4) is 0 Å². The van der Waals surface area contributed by atoms with Crippen molar-refractivity contribution in [2.75, 3.05) is 40.3 Å². The van der Waals surface area contributed by atoms with Gasteiger partial charge in [0, 0.05) is 25.7 Å². The van der Waals surface area contributed by atoms with Gasteiger partial charge < -0.3 is 10.0 Å². The fraction of sp³-hybridized carbons (Fsp3) is 0.895. The van der Waals surface area contributed by atoms with Gasteiger partial charge in [0.1, 0.15) is 0 Å². The van der Waals surface area contributed by atoms with Gasteiger partial charge in [-0.3, -0.25) is 19.4 Å². The molecule has 1 heterocycles. The van der Waals surface area contributed by atoms with Crippen molar-refractivity contribution in [2.45, 2.75) is 64.0 Å². The maximum absolute atomic E-state index is 12.7. The number of amides is 1. The Labute approximate surface area is 152 Å². The molecular formula is C19H35N3O3. The molecule has 1 amide bonds. The molecule has 1 saturated carbocycles. The third-order valence-corrected chi connectivity index (χ3v) is 6.08. The Bertz CT molecular complexity index is 449. The molecule has 2 rings (SSSR count). The Kier molecular flexibility index (Phi) is 7.69. The summed E-state index contributed by atoms with van der Waals surface area (Å²) < 4.78 is 0. The number of aliphatic carboxylic acids is 1. The molecule has 0 aromatic rings. The van der Waals surface area contributed by atoms with Crippen molar-refractivity contribution in [2.24, 2.45) is 5.92 Å². The lowest BCUT2D eigenvalue weighted by Crippen LogP contribution is -2.45. The lowest BCUT2D eigenvalue weighted by Gasteiger charge is -2.34. The standard InChI is InChI=1S/C19H35N3O3/c1-15-6-8-17(9-7-15)21(3)18(23)13-22-11-4-5-16(10-12-22)20(2)14-19(24)25/h15-17H,4-14H2,1-3H3,(H,24,25). The van der Waals surface area contributed by atoms with Crippen molar-refractivity contribution in [1.29, 1.82) is 0 Å². The second kappa shape index (κ2) is 9.53. The van der Waals surface area contributed by atoms with Crippen LogP contribution in [0.2, 0.25) is 0 Å². The largest absolute Gasteiger partial charge is 0.480 e. The van der Waals surface area contributed by atoms with Gasteiger partial charge in [0.05, 0.1) is 13.1 Å². The summed E-state index contributed by atoms with van der Waals surface area (Å²) >= 11 is 0. The quantitative estimate of drug-likeness (QED) is 0.790. The fourth-order valence-electron chi connectivity index (χ4n) is 4.22. The summed E-state index contributed by atoms with van der Waals surface area (Å²) in [5.41, 5.74) is 0. The van der Waals surface area contributed by atoms with Gasteiger partial charge in [0.15, 0.2) is 0 Å². The van der Waals surface area contributed by atoms with Gasteiger partial charge in [-0.25, -0.2) is 0 Å². The number of nitrogens with zero attached hydrogens (tertiary/aromatic N) is 3. The predicted octanol–water partition coefficient (Wildman–Crippen LogP) is 1.89. The van der Waals surface area contributed by atoms with Crippen LogP contribution in [0.25, 0.3) is 0 Å². The summed E-state index contributed by atoms with van der Waals surface area (Å²) in [7, 11) is 3.85. The monoisotopic (exact) mass is 353 g/mol. The smallest absolute Gasteiger partial charge is 0.317 e. The van der Waals surface area contributed by atoms with Crippen molar-refractivity contribution in [3.05, 3.63) is 0 Å². The molecule has 1 N–H and O–H groups in total. The Morgan fingerprint density at radius 2 is 1.68 bits per heavy atom. The van der Waals surface area contributed by atoms with E-state index < -0.39 is 5.97 Å². The lowest BCUT2D eigenvalue weighted by atomic mass is 9.87. The van der Waals surface area contributed by atoms with Crippen LogP contribution in [0.4, 0.5) is 0 Å². The molecule has 2 fully saturated rings. The molecule has 0 bridgehead atoms. The molecule has 6 heteroatoms. The highest BCUT2D eigenvalue weighted by atomic mass is 16.4. The first kappa shape index (κ1) is 20.2. The summed E-state index contributed by atoms with van der Waals surface area (Å²) in [6.07, 6.45) is 7.67. The minimum atomic E-state index is -0.776. The molecule has 25 heavy (non-hydrogen) atoms. The number of carbonyl (C=O) groups is 2. The highest BCUT2D eigenvalue weighted by Gasteiger charge is 2.27. The maximum atomic E-state index is 12.7. The van der Waals surface area contributed by atoms with Crippen molar-refractivity contribution >= 4 is 11.9 Å².